The number of aromatic nitrogens is 1. The highest BCUT2D eigenvalue weighted by molar-refractivity contribution is 5.40. The van der Waals surface area contributed by atoms with Crippen molar-refractivity contribution >= 4 is 0 Å². The maximum atomic E-state index is 9.21. The van der Waals surface area contributed by atoms with E-state index in [4.69, 9.17) is 4.74 Å². The van der Waals surface area contributed by atoms with Crippen LogP contribution >= 0.6 is 0 Å². The van der Waals surface area contributed by atoms with E-state index in [1.54, 1.807) is 19.2 Å². The van der Waals surface area contributed by atoms with Gasteiger partial charge in [-0.2, -0.15) is 0 Å². The van der Waals surface area contributed by atoms with Crippen molar-refractivity contribution < 1.29 is 9.84 Å². The number of aryl methyl sites for hydroxylation is 1. The van der Waals surface area contributed by atoms with E-state index in [1.165, 1.54) is 7.11 Å². The molecule has 0 spiro atoms. The lowest BCUT2D eigenvalue weighted by Crippen LogP contribution is -1.87. The Labute approximate surface area is 59.3 Å². The van der Waals surface area contributed by atoms with Crippen LogP contribution < -0.4 is 4.74 Å². The summed E-state index contributed by atoms with van der Waals surface area (Å²) in [4.78, 5) is 3.86. The van der Waals surface area contributed by atoms with Crippen molar-refractivity contribution in [3.8, 4) is 11.5 Å². The summed E-state index contributed by atoms with van der Waals surface area (Å²) in [5.74, 6) is 0.581. The molecule has 0 unspecified atom stereocenters. The van der Waals surface area contributed by atoms with Gasteiger partial charge in [0.2, 0.25) is 0 Å². The van der Waals surface area contributed by atoms with Gasteiger partial charge < -0.3 is 9.84 Å². The summed E-state index contributed by atoms with van der Waals surface area (Å²) in [6.07, 6.45) is 1.59. The first-order valence-electron chi connectivity index (χ1n) is 2.94. The van der Waals surface area contributed by atoms with Crippen molar-refractivity contribution in [2.75, 3.05) is 7.11 Å². The molecular formula is C7H9NO2. The molecule has 0 amide bonds. The van der Waals surface area contributed by atoms with Crippen molar-refractivity contribution in [2.24, 2.45) is 0 Å². The first-order chi connectivity index (χ1) is 4.75. The quantitative estimate of drug-likeness (QED) is 0.633. The van der Waals surface area contributed by atoms with Crippen molar-refractivity contribution in [3.05, 3.63) is 18.0 Å². The zero-order chi connectivity index (χ0) is 7.56. The average Bonchev–Trinajstić information content (AvgIpc) is 1.95. The fourth-order valence-corrected chi connectivity index (χ4v) is 0.700. The van der Waals surface area contributed by atoms with Gasteiger partial charge in [-0.15, -0.1) is 0 Å². The van der Waals surface area contributed by atoms with E-state index in [0.29, 0.717) is 11.4 Å². The Morgan fingerprint density at radius 2 is 2.30 bits per heavy atom. The van der Waals surface area contributed by atoms with Gasteiger partial charge in [-0.25, -0.2) is 0 Å². The predicted molar refractivity (Wildman–Crippen MR) is 37.2 cm³/mol. The molecule has 0 saturated carbocycles. The number of ether oxygens (including phenoxy) is 1. The second-order valence-electron chi connectivity index (χ2n) is 1.95. The molecule has 3 nitrogen and oxygen atoms in total. The second kappa shape index (κ2) is 2.56. The van der Waals surface area contributed by atoms with Crippen LogP contribution in [-0.2, 0) is 0 Å². The summed E-state index contributed by atoms with van der Waals surface area (Å²) in [5, 5.41) is 9.21. The molecule has 0 aliphatic heterocycles. The van der Waals surface area contributed by atoms with E-state index in [9.17, 15) is 5.11 Å². The fraction of sp³-hybridized carbons (Fsp3) is 0.286. The van der Waals surface area contributed by atoms with Crippen LogP contribution in [-0.4, -0.2) is 17.2 Å². The van der Waals surface area contributed by atoms with Gasteiger partial charge in [-0.05, 0) is 6.92 Å². The van der Waals surface area contributed by atoms with E-state index in [0.717, 1.165) is 0 Å². The highest BCUT2D eigenvalue weighted by Crippen LogP contribution is 2.26. The number of nitrogens with zero attached hydrogens (tertiary/aromatic N) is 1. The zero-order valence-corrected chi connectivity index (χ0v) is 5.96. The van der Waals surface area contributed by atoms with Gasteiger partial charge in [-0.1, -0.05) is 0 Å². The van der Waals surface area contributed by atoms with Crippen LogP contribution in [0.25, 0.3) is 0 Å². The van der Waals surface area contributed by atoms with Gasteiger partial charge in [0.15, 0.2) is 11.5 Å². The van der Waals surface area contributed by atoms with Crippen LogP contribution in [0.5, 0.6) is 11.5 Å². The standard InChI is InChI=1S/C7H9NO2/c1-5-7(9)6(10-2)3-4-8-5/h3-4,9H,1-2H3. The molecule has 1 heterocycles. The van der Waals surface area contributed by atoms with Crippen molar-refractivity contribution in [1.82, 2.24) is 4.98 Å². The third-order valence-electron chi connectivity index (χ3n) is 1.29. The van der Waals surface area contributed by atoms with Gasteiger partial charge in [0.1, 0.15) is 0 Å². The van der Waals surface area contributed by atoms with Crippen LogP contribution in [0.4, 0.5) is 0 Å². The molecule has 0 aliphatic rings. The van der Waals surface area contributed by atoms with Crippen LogP contribution in [0.1, 0.15) is 5.69 Å². The number of hydrogen-bond acceptors (Lipinski definition) is 3. The number of rotatable bonds is 1. The molecule has 0 bridgehead atoms. The summed E-state index contributed by atoms with van der Waals surface area (Å²) in [6.45, 7) is 1.72. The highest BCUT2D eigenvalue weighted by atomic mass is 16.5. The lowest BCUT2D eigenvalue weighted by molar-refractivity contribution is 0.370. The Bertz CT molecular complexity index is 235. The molecule has 0 aromatic carbocycles. The predicted octanol–water partition coefficient (Wildman–Crippen LogP) is 1.10. The van der Waals surface area contributed by atoms with E-state index < -0.39 is 0 Å². The molecule has 54 valence electrons. The van der Waals surface area contributed by atoms with Crippen LogP contribution in [0, 0.1) is 6.92 Å². The summed E-state index contributed by atoms with van der Waals surface area (Å²) in [6, 6.07) is 1.61. The first-order valence-corrected chi connectivity index (χ1v) is 2.94. The molecule has 1 rings (SSSR count). The molecule has 0 fully saturated rings. The van der Waals surface area contributed by atoms with Crippen molar-refractivity contribution in [1.29, 1.82) is 0 Å². The van der Waals surface area contributed by atoms with E-state index in [-0.39, 0.29) is 5.75 Å². The third kappa shape index (κ3) is 1.03. The topological polar surface area (TPSA) is 42.4 Å². The average molecular weight is 139 g/mol. The molecular weight excluding hydrogens is 130 g/mol. The summed E-state index contributed by atoms with van der Waals surface area (Å²) >= 11 is 0. The summed E-state index contributed by atoms with van der Waals surface area (Å²) < 4.78 is 4.84. The van der Waals surface area contributed by atoms with Gasteiger partial charge in [0, 0.05) is 12.3 Å². The monoisotopic (exact) mass is 139 g/mol. The highest BCUT2D eigenvalue weighted by Gasteiger charge is 2.02. The Kier molecular flexibility index (Phi) is 1.76. The smallest absolute Gasteiger partial charge is 0.179 e. The number of hydrogen-bond donors (Lipinski definition) is 1. The molecule has 0 atom stereocenters. The van der Waals surface area contributed by atoms with Gasteiger partial charge in [-0.3, -0.25) is 4.98 Å². The zero-order valence-electron chi connectivity index (χ0n) is 5.96. The molecule has 3 heteroatoms. The maximum Gasteiger partial charge on any atom is 0.179 e. The van der Waals surface area contributed by atoms with E-state index >= 15 is 0 Å². The Morgan fingerprint density at radius 1 is 1.60 bits per heavy atom. The minimum atomic E-state index is 0.116. The Hall–Kier alpha value is -1.25. The van der Waals surface area contributed by atoms with Gasteiger partial charge in [0.05, 0.1) is 12.8 Å². The fourth-order valence-electron chi connectivity index (χ4n) is 0.700. The SMILES string of the molecule is COc1ccnc(C)c1O. The third-order valence-corrected chi connectivity index (χ3v) is 1.29. The molecule has 1 aromatic rings. The molecule has 0 aliphatic carbocycles. The number of methoxy groups -OCH3 is 1. The molecule has 0 saturated heterocycles. The lowest BCUT2D eigenvalue weighted by Gasteiger charge is -2.02. The number of aromatic hydroxyl groups is 1. The summed E-state index contributed by atoms with van der Waals surface area (Å²) in [7, 11) is 1.51. The van der Waals surface area contributed by atoms with Crippen LogP contribution in [0.2, 0.25) is 0 Å². The minimum absolute atomic E-state index is 0.116. The molecule has 1 N–H and O–H groups in total. The van der Waals surface area contributed by atoms with Gasteiger partial charge in [0.25, 0.3) is 0 Å². The van der Waals surface area contributed by atoms with Crippen molar-refractivity contribution in [3.63, 3.8) is 0 Å². The van der Waals surface area contributed by atoms with Gasteiger partial charge >= 0.3 is 0 Å². The van der Waals surface area contributed by atoms with Crippen molar-refractivity contribution in [2.45, 2.75) is 6.92 Å². The molecule has 1 aromatic heterocycles. The largest absolute Gasteiger partial charge is 0.503 e. The molecule has 0 radical (unpaired) electrons. The Balaban J connectivity index is 3.14. The van der Waals surface area contributed by atoms with E-state index in [2.05, 4.69) is 4.98 Å². The Morgan fingerprint density at radius 3 is 2.80 bits per heavy atom. The van der Waals surface area contributed by atoms with Crippen LogP contribution in [0.15, 0.2) is 12.3 Å². The normalized spacial score (nSPS) is 9.40. The van der Waals surface area contributed by atoms with Crippen LogP contribution in [0.3, 0.4) is 0 Å². The summed E-state index contributed by atoms with van der Waals surface area (Å²) in [5.41, 5.74) is 0.583. The first kappa shape index (κ1) is 6.86. The minimum Gasteiger partial charge on any atom is -0.503 e. The van der Waals surface area contributed by atoms with E-state index in [1.807, 2.05) is 0 Å². The lowest BCUT2D eigenvalue weighted by atomic mass is 10.3. The second-order valence-corrected chi connectivity index (χ2v) is 1.95. The molecule has 10 heavy (non-hydrogen) atoms. The number of pyridine rings is 1. The maximum absolute atomic E-state index is 9.21.